The van der Waals surface area contributed by atoms with Gasteiger partial charge in [-0.05, 0) is 30.2 Å². The minimum atomic E-state index is -0.688. The lowest BCUT2D eigenvalue weighted by Crippen LogP contribution is -2.06. The van der Waals surface area contributed by atoms with Gasteiger partial charge in [-0.3, -0.25) is 4.68 Å². The highest BCUT2D eigenvalue weighted by atomic mass is 35.5. The van der Waals surface area contributed by atoms with Crippen LogP contribution in [-0.2, 0) is 13.5 Å². The van der Waals surface area contributed by atoms with Crippen molar-refractivity contribution < 1.29 is 5.11 Å². The van der Waals surface area contributed by atoms with Gasteiger partial charge in [0.25, 0.3) is 0 Å². The third-order valence-corrected chi connectivity index (χ3v) is 3.01. The van der Waals surface area contributed by atoms with Gasteiger partial charge in [0, 0.05) is 12.1 Å². The highest BCUT2D eigenvalue weighted by Crippen LogP contribution is 2.24. The summed E-state index contributed by atoms with van der Waals surface area (Å²) in [5.74, 6) is 0. The van der Waals surface area contributed by atoms with Crippen LogP contribution in [0.2, 0.25) is 5.02 Å². The molecule has 0 saturated heterocycles. The minimum absolute atomic E-state index is 0.624. The largest absolute Gasteiger partial charge is 0.382 e. The average Bonchev–Trinajstić information content (AvgIpc) is 2.69. The van der Waals surface area contributed by atoms with E-state index >= 15 is 0 Å². The van der Waals surface area contributed by atoms with Crippen molar-refractivity contribution in [1.29, 1.82) is 0 Å². The number of benzene rings is 1. The number of hydrogen-bond donors (Lipinski definition) is 1. The predicted octanol–water partition coefficient (Wildman–Crippen LogP) is 2.72. The molecule has 0 spiro atoms. The van der Waals surface area contributed by atoms with Gasteiger partial charge in [0.2, 0.25) is 0 Å². The summed E-state index contributed by atoms with van der Waals surface area (Å²) in [4.78, 5) is 0. The Bertz CT molecular complexity index is 522. The second-order valence-corrected chi connectivity index (χ2v) is 4.43. The molecular formula is C13H15ClN2O. The maximum atomic E-state index is 10.3. The molecule has 1 N–H and O–H groups in total. The number of nitrogens with zero attached hydrogens (tertiary/aromatic N) is 2. The molecule has 0 aliphatic rings. The Morgan fingerprint density at radius 3 is 2.76 bits per heavy atom. The van der Waals surface area contributed by atoms with E-state index in [4.69, 9.17) is 11.6 Å². The molecule has 1 heterocycles. The molecule has 0 amide bonds. The monoisotopic (exact) mass is 250 g/mol. The first-order valence-electron chi connectivity index (χ1n) is 5.58. The molecule has 90 valence electrons. The number of aliphatic hydroxyl groups is 1. The molecule has 1 unspecified atom stereocenters. The zero-order valence-corrected chi connectivity index (χ0v) is 10.6. The molecule has 2 rings (SSSR count). The van der Waals surface area contributed by atoms with Crippen LogP contribution in [0.3, 0.4) is 0 Å². The van der Waals surface area contributed by atoms with Gasteiger partial charge in [-0.25, -0.2) is 0 Å². The van der Waals surface area contributed by atoms with Crippen molar-refractivity contribution >= 4 is 11.6 Å². The van der Waals surface area contributed by atoms with E-state index in [0.717, 1.165) is 23.4 Å². The van der Waals surface area contributed by atoms with Gasteiger partial charge in [-0.15, -0.1) is 0 Å². The third-order valence-electron chi connectivity index (χ3n) is 2.77. The number of halogens is 1. The zero-order chi connectivity index (χ0) is 12.4. The Morgan fingerprint density at radius 1 is 1.41 bits per heavy atom. The first-order valence-corrected chi connectivity index (χ1v) is 5.96. The molecule has 17 heavy (non-hydrogen) atoms. The van der Waals surface area contributed by atoms with Crippen molar-refractivity contribution in [2.45, 2.75) is 19.4 Å². The van der Waals surface area contributed by atoms with Gasteiger partial charge < -0.3 is 5.11 Å². The number of aromatic nitrogens is 2. The molecule has 0 saturated carbocycles. The van der Waals surface area contributed by atoms with Crippen LogP contribution in [0.5, 0.6) is 0 Å². The van der Waals surface area contributed by atoms with E-state index in [1.165, 1.54) is 0 Å². The summed E-state index contributed by atoms with van der Waals surface area (Å²) in [6.07, 6.45) is 0.169. The molecule has 0 aliphatic carbocycles. The summed E-state index contributed by atoms with van der Waals surface area (Å²) in [5.41, 5.74) is 2.54. The Labute approximate surface area is 106 Å². The van der Waals surface area contributed by atoms with Gasteiger partial charge >= 0.3 is 0 Å². The predicted molar refractivity (Wildman–Crippen MR) is 68.1 cm³/mol. The van der Waals surface area contributed by atoms with Crippen molar-refractivity contribution in [3.05, 3.63) is 52.3 Å². The van der Waals surface area contributed by atoms with E-state index in [0.29, 0.717) is 5.02 Å². The zero-order valence-electron chi connectivity index (χ0n) is 9.89. The van der Waals surface area contributed by atoms with Gasteiger partial charge in [-0.2, -0.15) is 5.10 Å². The minimum Gasteiger partial charge on any atom is -0.382 e. The van der Waals surface area contributed by atoms with Crippen molar-refractivity contribution in [2.75, 3.05) is 0 Å². The molecule has 4 heteroatoms. The Balaban J connectivity index is 2.36. The average molecular weight is 251 g/mol. The van der Waals surface area contributed by atoms with Crippen LogP contribution in [0.25, 0.3) is 0 Å². The summed E-state index contributed by atoms with van der Waals surface area (Å²) >= 11 is 5.92. The molecule has 1 atom stereocenters. The van der Waals surface area contributed by atoms with E-state index in [1.54, 1.807) is 16.8 Å². The van der Waals surface area contributed by atoms with E-state index in [1.807, 2.05) is 32.2 Å². The molecule has 0 fully saturated rings. The molecule has 2 aromatic rings. The molecular weight excluding hydrogens is 236 g/mol. The second-order valence-electron chi connectivity index (χ2n) is 4.00. The highest BCUT2D eigenvalue weighted by Gasteiger charge is 2.15. The fourth-order valence-electron chi connectivity index (χ4n) is 1.82. The first-order chi connectivity index (χ1) is 8.11. The quantitative estimate of drug-likeness (QED) is 0.910. The molecule has 0 radical (unpaired) electrons. The van der Waals surface area contributed by atoms with E-state index in [2.05, 4.69) is 5.10 Å². The van der Waals surface area contributed by atoms with Gasteiger partial charge in [0.05, 0.1) is 11.4 Å². The SMILES string of the molecule is CCc1cc(C(O)c2cccc(Cl)c2)n(C)n1. The fraction of sp³-hybridized carbons (Fsp3) is 0.308. The molecule has 0 bridgehead atoms. The van der Waals surface area contributed by atoms with Crippen molar-refractivity contribution in [3.63, 3.8) is 0 Å². The van der Waals surface area contributed by atoms with Crippen LogP contribution in [0, 0.1) is 0 Å². The number of hydrogen-bond acceptors (Lipinski definition) is 2. The van der Waals surface area contributed by atoms with Crippen LogP contribution in [0.15, 0.2) is 30.3 Å². The van der Waals surface area contributed by atoms with Gasteiger partial charge in [0.1, 0.15) is 6.10 Å². The van der Waals surface area contributed by atoms with Gasteiger partial charge in [-0.1, -0.05) is 30.7 Å². The number of aryl methyl sites for hydroxylation is 2. The lowest BCUT2D eigenvalue weighted by molar-refractivity contribution is 0.210. The van der Waals surface area contributed by atoms with E-state index in [9.17, 15) is 5.11 Å². The Kier molecular flexibility index (Phi) is 3.50. The topological polar surface area (TPSA) is 38.0 Å². The third kappa shape index (κ3) is 2.51. The van der Waals surface area contributed by atoms with Crippen molar-refractivity contribution in [3.8, 4) is 0 Å². The highest BCUT2D eigenvalue weighted by molar-refractivity contribution is 6.30. The lowest BCUT2D eigenvalue weighted by atomic mass is 10.1. The maximum absolute atomic E-state index is 10.3. The molecule has 1 aromatic heterocycles. The number of rotatable bonds is 3. The molecule has 1 aromatic carbocycles. The summed E-state index contributed by atoms with van der Waals surface area (Å²) in [6, 6.07) is 9.17. The summed E-state index contributed by atoms with van der Waals surface area (Å²) in [7, 11) is 1.84. The number of aliphatic hydroxyl groups excluding tert-OH is 1. The van der Waals surface area contributed by atoms with Crippen LogP contribution in [0.4, 0.5) is 0 Å². The van der Waals surface area contributed by atoms with Gasteiger partial charge in [0.15, 0.2) is 0 Å². The Hall–Kier alpha value is -1.32. The molecule has 0 aliphatic heterocycles. The van der Waals surface area contributed by atoms with E-state index < -0.39 is 6.10 Å². The van der Waals surface area contributed by atoms with Crippen LogP contribution in [0.1, 0.15) is 30.0 Å². The maximum Gasteiger partial charge on any atom is 0.121 e. The van der Waals surface area contributed by atoms with Crippen LogP contribution < -0.4 is 0 Å². The van der Waals surface area contributed by atoms with Crippen molar-refractivity contribution in [1.82, 2.24) is 9.78 Å². The van der Waals surface area contributed by atoms with Crippen LogP contribution >= 0.6 is 11.6 Å². The second kappa shape index (κ2) is 4.90. The lowest BCUT2D eigenvalue weighted by Gasteiger charge is -2.11. The summed E-state index contributed by atoms with van der Waals surface area (Å²) < 4.78 is 1.71. The fourth-order valence-corrected chi connectivity index (χ4v) is 2.02. The summed E-state index contributed by atoms with van der Waals surface area (Å²) in [6.45, 7) is 2.04. The normalized spacial score (nSPS) is 12.7. The summed E-state index contributed by atoms with van der Waals surface area (Å²) in [5, 5.41) is 15.2. The van der Waals surface area contributed by atoms with E-state index in [-0.39, 0.29) is 0 Å². The van der Waals surface area contributed by atoms with Crippen LogP contribution in [-0.4, -0.2) is 14.9 Å². The smallest absolute Gasteiger partial charge is 0.121 e. The first kappa shape index (κ1) is 12.1. The standard InChI is InChI=1S/C13H15ClN2O/c1-3-11-8-12(16(2)15-11)13(17)9-5-4-6-10(14)7-9/h4-8,13,17H,3H2,1-2H3. The van der Waals surface area contributed by atoms with Crippen molar-refractivity contribution in [2.24, 2.45) is 7.05 Å². The molecule has 3 nitrogen and oxygen atoms in total. The Morgan fingerprint density at radius 2 is 2.18 bits per heavy atom.